The first-order chi connectivity index (χ1) is 14.1. The van der Waals surface area contributed by atoms with Gasteiger partial charge >= 0.3 is 0 Å². The fourth-order valence-corrected chi connectivity index (χ4v) is 3.25. The Labute approximate surface area is 167 Å². The first-order valence-corrected chi connectivity index (χ1v) is 9.48. The van der Waals surface area contributed by atoms with E-state index >= 15 is 0 Å². The van der Waals surface area contributed by atoms with Gasteiger partial charge in [0.1, 0.15) is 5.52 Å². The van der Waals surface area contributed by atoms with Crippen molar-refractivity contribution in [3.63, 3.8) is 0 Å². The summed E-state index contributed by atoms with van der Waals surface area (Å²) in [5.41, 5.74) is 2.75. The Morgan fingerprint density at radius 1 is 1.17 bits per heavy atom. The molecule has 8 heteroatoms. The lowest BCUT2D eigenvalue weighted by atomic mass is 10.1. The van der Waals surface area contributed by atoms with Crippen molar-refractivity contribution in [2.45, 2.75) is 19.8 Å². The molecule has 1 aromatic carbocycles. The molecule has 0 bridgehead atoms. The number of imidazole rings is 1. The molecule has 29 heavy (non-hydrogen) atoms. The third-order valence-electron chi connectivity index (χ3n) is 4.59. The molecule has 0 radical (unpaired) electrons. The zero-order chi connectivity index (χ0) is 20.2. The lowest BCUT2D eigenvalue weighted by Crippen LogP contribution is -2.13. The maximum absolute atomic E-state index is 14.1. The number of carbonyl (C=O) groups excluding carboxylic acids is 1. The van der Waals surface area contributed by atoms with Gasteiger partial charge in [0.15, 0.2) is 11.5 Å². The molecule has 148 valence electrons. The van der Waals surface area contributed by atoms with Crippen LogP contribution in [-0.2, 0) is 0 Å². The minimum Gasteiger partial charge on any atom is -0.320 e. The summed E-state index contributed by atoms with van der Waals surface area (Å²) in [7, 11) is 0. The normalized spacial score (nSPS) is 13.3. The number of aryl methyl sites for hydroxylation is 1. The van der Waals surface area contributed by atoms with E-state index in [2.05, 4.69) is 25.6 Å². The summed E-state index contributed by atoms with van der Waals surface area (Å²) in [5, 5.41) is 5.92. The van der Waals surface area contributed by atoms with E-state index in [9.17, 15) is 9.18 Å². The van der Waals surface area contributed by atoms with Gasteiger partial charge in [-0.1, -0.05) is 6.07 Å². The van der Waals surface area contributed by atoms with Crippen LogP contribution in [0.3, 0.4) is 0 Å². The highest BCUT2D eigenvalue weighted by Gasteiger charge is 2.14. The van der Waals surface area contributed by atoms with Crippen molar-refractivity contribution >= 4 is 28.3 Å². The molecule has 0 aliphatic carbocycles. The van der Waals surface area contributed by atoms with Crippen LogP contribution < -0.4 is 10.6 Å². The Morgan fingerprint density at radius 3 is 2.72 bits per heavy atom. The van der Waals surface area contributed by atoms with Gasteiger partial charge in [0.05, 0.1) is 22.5 Å². The van der Waals surface area contributed by atoms with Crippen molar-refractivity contribution < 1.29 is 9.18 Å². The Hall–Kier alpha value is -3.39. The molecule has 2 N–H and O–H groups in total. The number of amides is 1. The van der Waals surface area contributed by atoms with E-state index in [0.29, 0.717) is 28.0 Å². The Bertz CT molecular complexity index is 1160. The fourth-order valence-electron chi connectivity index (χ4n) is 3.25. The topological polar surface area (TPSA) is 84.2 Å². The second-order valence-corrected chi connectivity index (χ2v) is 6.83. The third-order valence-corrected chi connectivity index (χ3v) is 4.59. The molecule has 1 saturated heterocycles. The van der Waals surface area contributed by atoms with E-state index in [-0.39, 0.29) is 11.6 Å². The summed E-state index contributed by atoms with van der Waals surface area (Å²) in [4.78, 5) is 25.0. The first-order valence-electron chi connectivity index (χ1n) is 9.48. The van der Waals surface area contributed by atoms with Gasteiger partial charge in [-0.15, -0.1) is 0 Å². The van der Waals surface area contributed by atoms with Crippen LogP contribution in [0.25, 0.3) is 16.7 Å². The third kappa shape index (κ3) is 4.22. The maximum atomic E-state index is 14.1. The van der Waals surface area contributed by atoms with Crippen LogP contribution >= 0.6 is 0 Å². The molecular formula is C21H21FN6O. The standard InChI is InChI=1S/C17H12FN5O.C4H9N/c1-10-8-23-9-11(7-13(18)16(23)21-10)22-17(24)12-3-2-4-14-15(12)20-6-5-19-14;1-2-4-5-3-1/h2-9H,1H3,(H,22,24);5H,1-4H2. The molecule has 1 fully saturated rings. The molecule has 4 heterocycles. The Morgan fingerprint density at radius 2 is 1.97 bits per heavy atom. The second kappa shape index (κ2) is 8.32. The number of pyridine rings is 1. The van der Waals surface area contributed by atoms with Gasteiger partial charge < -0.3 is 15.0 Å². The van der Waals surface area contributed by atoms with E-state index in [1.165, 1.54) is 38.2 Å². The number of hydrogen-bond acceptors (Lipinski definition) is 5. The van der Waals surface area contributed by atoms with E-state index in [0.717, 1.165) is 0 Å². The number of benzene rings is 1. The van der Waals surface area contributed by atoms with Crippen LogP contribution in [0.2, 0.25) is 0 Å². The molecule has 1 amide bonds. The summed E-state index contributed by atoms with van der Waals surface area (Å²) >= 11 is 0. The molecule has 7 nitrogen and oxygen atoms in total. The van der Waals surface area contributed by atoms with E-state index < -0.39 is 5.82 Å². The number of nitrogens with zero attached hydrogens (tertiary/aromatic N) is 4. The predicted octanol–water partition coefficient (Wildman–Crippen LogP) is 3.35. The summed E-state index contributed by atoms with van der Waals surface area (Å²) in [6, 6.07) is 6.41. The van der Waals surface area contributed by atoms with Crippen LogP contribution in [0.4, 0.5) is 10.1 Å². The van der Waals surface area contributed by atoms with Crippen LogP contribution in [-0.4, -0.2) is 38.3 Å². The minimum atomic E-state index is -0.501. The lowest BCUT2D eigenvalue weighted by Gasteiger charge is -2.08. The summed E-state index contributed by atoms with van der Waals surface area (Å²) in [5.74, 6) is -0.879. The van der Waals surface area contributed by atoms with Crippen molar-refractivity contribution in [2.75, 3.05) is 18.4 Å². The van der Waals surface area contributed by atoms with Crippen molar-refractivity contribution in [2.24, 2.45) is 0 Å². The Balaban J connectivity index is 0.000000359. The molecule has 0 unspecified atom stereocenters. The molecule has 5 rings (SSSR count). The number of halogens is 1. The number of anilines is 1. The van der Waals surface area contributed by atoms with Crippen molar-refractivity contribution in [3.8, 4) is 0 Å². The maximum Gasteiger partial charge on any atom is 0.257 e. The van der Waals surface area contributed by atoms with Crippen molar-refractivity contribution in [1.82, 2.24) is 24.7 Å². The van der Waals surface area contributed by atoms with Gasteiger partial charge in [-0.05, 0) is 45.0 Å². The van der Waals surface area contributed by atoms with Gasteiger partial charge in [-0.25, -0.2) is 9.37 Å². The van der Waals surface area contributed by atoms with Gasteiger partial charge in [0.2, 0.25) is 0 Å². The summed E-state index contributed by atoms with van der Waals surface area (Å²) in [6.07, 6.45) is 9.18. The van der Waals surface area contributed by atoms with E-state index in [1.807, 2.05) is 0 Å². The number of aromatic nitrogens is 4. The monoisotopic (exact) mass is 392 g/mol. The van der Waals surface area contributed by atoms with E-state index in [4.69, 9.17) is 0 Å². The predicted molar refractivity (Wildman–Crippen MR) is 109 cm³/mol. The van der Waals surface area contributed by atoms with Crippen molar-refractivity contribution in [3.05, 3.63) is 66.1 Å². The smallest absolute Gasteiger partial charge is 0.257 e. The number of para-hydroxylation sites is 1. The molecule has 4 aromatic rings. The quantitative estimate of drug-likeness (QED) is 0.547. The summed E-state index contributed by atoms with van der Waals surface area (Å²) < 4.78 is 15.7. The molecular weight excluding hydrogens is 371 g/mol. The second-order valence-electron chi connectivity index (χ2n) is 6.83. The van der Waals surface area contributed by atoms with Crippen LogP contribution in [0.1, 0.15) is 28.9 Å². The van der Waals surface area contributed by atoms with Crippen LogP contribution in [0.15, 0.2) is 49.1 Å². The van der Waals surface area contributed by atoms with Crippen LogP contribution in [0.5, 0.6) is 0 Å². The zero-order valence-corrected chi connectivity index (χ0v) is 16.0. The minimum absolute atomic E-state index is 0.224. The van der Waals surface area contributed by atoms with Gasteiger partial charge in [0.25, 0.3) is 5.91 Å². The fraction of sp³-hybridized carbons (Fsp3) is 0.238. The highest BCUT2D eigenvalue weighted by Crippen LogP contribution is 2.19. The molecule has 1 aliphatic rings. The van der Waals surface area contributed by atoms with Gasteiger partial charge in [-0.3, -0.25) is 14.8 Å². The molecule has 1 aliphatic heterocycles. The zero-order valence-electron chi connectivity index (χ0n) is 16.0. The number of rotatable bonds is 2. The number of fused-ring (bicyclic) bond motifs is 2. The largest absolute Gasteiger partial charge is 0.320 e. The molecule has 0 spiro atoms. The number of nitrogens with one attached hydrogen (secondary N) is 2. The SMILES string of the molecule is C1CCNC1.Cc1cn2cc(NC(=O)c3cccc4nccnc34)cc(F)c2n1. The van der Waals surface area contributed by atoms with Crippen molar-refractivity contribution in [1.29, 1.82) is 0 Å². The average Bonchev–Trinajstić information content (AvgIpc) is 3.40. The average molecular weight is 392 g/mol. The van der Waals surface area contributed by atoms with Gasteiger partial charge in [-0.2, -0.15) is 0 Å². The molecule has 0 atom stereocenters. The number of carbonyl (C=O) groups is 1. The Kier molecular flexibility index (Phi) is 5.44. The van der Waals surface area contributed by atoms with E-state index in [1.54, 1.807) is 48.1 Å². The highest BCUT2D eigenvalue weighted by molar-refractivity contribution is 6.11. The van der Waals surface area contributed by atoms with Crippen LogP contribution in [0, 0.1) is 12.7 Å². The summed E-state index contributed by atoms with van der Waals surface area (Å²) in [6.45, 7) is 4.28. The molecule has 3 aromatic heterocycles. The lowest BCUT2D eigenvalue weighted by molar-refractivity contribution is 0.102. The highest BCUT2D eigenvalue weighted by atomic mass is 19.1. The number of hydrogen-bond donors (Lipinski definition) is 2. The van der Waals surface area contributed by atoms with Gasteiger partial charge in [0, 0.05) is 30.9 Å². The molecule has 0 saturated carbocycles. The first kappa shape index (κ1) is 18.9.